The Bertz CT molecular complexity index is 964. The molecule has 0 bridgehead atoms. The average Bonchev–Trinajstić information content (AvgIpc) is 3.43. The largest absolute Gasteiger partial charge is 0.351 e. The number of hydrogen-bond acceptors (Lipinski definition) is 5. The summed E-state index contributed by atoms with van der Waals surface area (Å²) in [6.07, 6.45) is 6.13. The molecule has 3 amide bonds. The SMILES string of the molecule is CN1C(=O)c2cc(C(=O)NCCc3cccs3)nn2C[C@]1(C)C(=O)NC1CCCCC1. The fraction of sp³-hybridized carbons (Fsp3) is 0.545. The Kier molecular flexibility index (Phi) is 6.13. The normalized spacial score (nSPS) is 21.6. The summed E-state index contributed by atoms with van der Waals surface area (Å²) >= 11 is 1.65. The van der Waals surface area contributed by atoms with Crippen LogP contribution in [0.2, 0.25) is 0 Å². The lowest BCUT2D eigenvalue weighted by molar-refractivity contribution is -0.133. The molecular formula is C22H29N5O3S. The van der Waals surface area contributed by atoms with E-state index in [4.69, 9.17) is 0 Å². The van der Waals surface area contributed by atoms with Crippen LogP contribution in [-0.4, -0.2) is 57.6 Å². The van der Waals surface area contributed by atoms with Gasteiger partial charge in [0.1, 0.15) is 11.2 Å². The van der Waals surface area contributed by atoms with Crippen molar-refractivity contribution in [1.29, 1.82) is 0 Å². The Morgan fingerprint density at radius 1 is 1.29 bits per heavy atom. The van der Waals surface area contributed by atoms with Gasteiger partial charge in [0.15, 0.2) is 5.69 Å². The zero-order valence-corrected chi connectivity index (χ0v) is 18.8. The monoisotopic (exact) mass is 443 g/mol. The van der Waals surface area contributed by atoms with Crippen molar-refractivity contribution in [3.05, 3.63) is 39.8 Å². The standard InChI is InChI=1S/C22H29N5O3S/c1-22(21(30)24-15-7-4-3-5-8-15)14-27-18(20(29)26(22)2)13-17(25-27)19(28)23-11-10-16-9-6-12-31-16/h6,9,12-13,15H,3-5,7-8,10-11,14H2,1-2H3,(H,23,28)(H,24,30)/t22-/m1/s1. The van der Waals surface area contributed by atoms with E-state index in [9.17, 15) is 14.4 Å². The van der Waals surface area contributed by atoms with Crippen LogP contribution in [0.1, 0.15) is 64.9 Å². The lowest BCUT2D eigenvalue weighted by Gasteiger charge is -2.41. The van der Waals surface area contributed by atoms with Crippen LogP contribution in [-0.2, 0) is 17.8 Å². The maximum Gasteiger partial charge on any atom is 0.272 e. The van der Waals surface area contributed by atoms with Gasteiger partial charge in [0.25, 0.3) is 11.8 Å². The Balaban J connectivity index is 1.44. The van der Waals surface area contributed by atoms with Gasteiger partial charge < -0.3 is 15.5 Å². The number of fused-ring (bicyclic) bond motifs is 1. The summed E-state index contributed by atoms with van der Waals surface area (Å²) in [5.74, 6) is -0.793. The molecule has 1 fully saturated rings. The predicted molar refractivity (Wildman–Crippen MR) is 118 cm³/mol. The molecule has 3 heterocycles. The molecule has 1 atom stereocenters. The summed E-state index contributed by atoms with van der Waals surface area (Å²) in [6.45, 7) is 2.47. The van der Waals surface area contributed by atoms with Crippen LogP contribution in [0.4, 0.5) is 0 Å². The van der Waals surface area contributed by atoms with Crippen molar-refractivity contribution in [2.75, 3.05) is 13.6 Å². The van der Waals surface area contributed by atoms with E-state index in [2.05, 4.69) is 15.7 Å². The second-order valence-electron chi connectivity index (χ2n) is 8.60. The van der Waals surface area contributed by atoms with Crippen LogP contribution in [0.15, 0.2) is 23.6 Å². The van der Waals surface area contributed by atoms with Crippen molar-refractivity contribution >= 4 is 29.1 Å². The fourth-order valence-corrected chi connectivity index (χ4v) is 4.98. The molecule has 31 heavy (non-hydrogen) atoms. The van der Waals surface area contributed by atoms with E-state index < -0.39 is 5.54 Å². The number of aromatic nitrogens is 2. The Labute approximate surface area is 186 Å². The molecule has 2 aliphatic rings. The number of rotatable bonds is 6. The van der Waals surface area contributed by atoms with Gasteiger partial charge in [-0.1, -0.05) is 25.3 Å². The molecule has 166 valence electrons. The number of nitrogens with zero attached hydrogens (tertiary/aromatic N) is 3. The summed E-state index contributed by atoms with van der Waals surface area (Å²) in [5, 5.41) is 12.3. The first-order valence-electron chi connectivity index (χ1n) is 10.9. The molecule has 8 nitrogen and oxygen atoms in total. The fourth-order valence-electron chi connectivity index (χ4n) is 4.27. The molecule has 0 spiro atoms. The summed E-state index contributed by atoms with van der Waals surface area (Å²) in [6, 6.07) is 5.68. The van der Waals surface area contributed by atoms with Crippen molar-refractivity contribution in [1.82, 2.24) is 25.3 Å². The van der Waals surface area contributed by atoms with Gasteiger partial charge in [0.2, 0.25) is 5.91 Å². The molecule has 0 saturated heterocycles. The van der Waals surface area contributed by atoms with Gasteiger partial charge in [-0.15, -0.1) is 11.3 Å². The van der Waals surface area contributed by atoms with E-state index in [1.165, 1.54) is 26.9 Å². The molecule has 0 radical (unpaired) electrons. The summed E-state index contributed by atoms with van der Waals surface area (Å²) in [7, 11) is 1.64. The highest BCUT2D eigenvalue weighted by molar-refractivity contribution is 7.09. The second-order valence-corrected chi connectivity index (χ2v) is 9.64. The summed E-state index contributed by atoms with van der Waals surface area (Å²) < 4.78 is 1.50. The maximum atomic E-state index is 13.1. The van der Waals surface area contributed by atoms with Crippen molar-refractivity contribution in [3.8, 4) is 0 Å². The molecule has 1 saturated carbocycles. The number of carbonyl (C=O) groups is 3. The first kappa shape index (κ1) is 21.5. The first-order valence-corrected chi connectivity index (χ1v) is 11.7. The third-order valence-electron chi connectivity index (χ3n) is 6.40. The molecule has 2 aromatic rings. The van der Waals surface area contributed by atoms with Gasteiger partial charge in [-0.05, 0) is 37.6 Å². The van der Waals surface area contributed by atoms with Crippen LogP contribution in [0.3, 0.4) is 0 Å². The van der Waals surface area contributed by atoms with E-state index >= 15 is 0 Å². The number of amides is 3. The van der Waals surface area contributed by atoms with Crippen LogP contribution >= 0.6 is 11.3 Å². The van der Waals surface area contributed by atoms with E-state index in [0.717, 1.165) is 32.1 Å². The van der Waals surface area contributed by atoms with Gasteiger partial charge >= 0.3 is 0 Å². The molecule has 2 N–H and O–H groups in total. The second kappa shape index (κ2) is 8.82. The molecule has 4 rings (SSSR count). The smallest absolute Gasteiger partial charge is 0.272 e. The van der Waals surface area contributed by atoms with Gasteiger partial charge in [-0.3, -0.25) is 19.1 Å². The first-order chi connectivity index (χ1) is 14.9. The van der Waals surface area contributed by atoms with Gasteiger partial charge in [0.05, 0.1) is 6.54 Å². The lowest BCUT2D eigenvalue weighted by Crippen LogP contribution is -2.63. The molecule has 1 aliphatic carbocycles. The molecule has 9 heteroatoms. The molecular weight excluding hydrogens is 414 g/mol. The topological polar surface area (TPSA) is 96.3 Å². The Morgan fingerprint density at radius 2 is 2.06 bits per heavy atom. The Morgan fingerprint density at radius 3 is 2.77 bits per heavy atom. The zero-order chi connectivity index (χ0) is 22.0. The third kappa shape index (κ3) is 4.37. The van der Waals surface area contributed by atoms with Crippen molar-refractivity contribution in [3.63, 3.8) is 0 Å². The average molecular weight is 444 g/mol. The van der Waals surface area contributed by atoms with Crippen molar-refractivity contribution < 1.29 is 14.4 Å². The zero-order valence-electron chi connectivity index (χ0n) is 18.0. The van der Waals surface area contributed by atoms with Gasteiger partial charge in [-0.2, -0.15) is 5.10 Å². The van der Waals surface area contributed by atoms with Crippen LogP contribution in [0, 0.1) is 0 Å². The highest BCUT2D eigenvalue weighted by atomic mass is 32.1. The molecule has 2 aromatic heterocycles. The van der Waals surface area contributed by atoms with Crippen molar-refractivity contribution in [2.24, 2.45) is 0 Å². The summed E-state index contributed by atoms with van der Waals surface area (Å²) in [5.41, 5.74) is -0.533. The number of thiophene rings is 1. The maximum absolute atomic E-state index is 13.1. The van der Waals surface area contributed by atoms with Crippen molar-refractivity contribution in [2.45, 2.75) is 63.6 Å². The Hall–Kier alpha value is -2.68. The third-order valence-corrected chi connectivity index (χ3v) is 7.34. The minimum Gasteiger partial charge on any atom is -0.351 e. The number of carbonyl (C=O) groups excluding carboxylic acids is 3. The van der Waals surface area contributed by atoms with E-state index in [-0.39, 0.29) is 36.0 Å². The number of nitrogens with one attached hydrogen (secondary N) is 2. The van der Waals surface area contributed by atoms with Crippen LogP contribution in [0.5, 0.6) is 0 Å². The van der Waals surface area contributed by atoms with Crippen LogP contribution < -0.4 is 10.6 Å². The summed E-state index contributed by atoms with van der Waals surface area (Å²) in [4.78, 5) is 41.3. The lowest BCUT2D eigenvalue weighted by atomic mass is 9.92. The highest BCUT2D eigenvalue weighted by Crippen LogP contribution is 2.27. The highest BCUT2D eigenvalue weighted by Gasteiger charge is 2.46. The number of hydrogen-bond donors (Lipinski definition) is 2. The van der Waals surface area contributed by atoms with Crippen LogP contribution in [0.25, 0.3) is 0 Å². The van der Waals surface area contributed by atoms with Gasteiger partial charge in [0, 0.05) is 30.6 Å². The van der Waals surface area contributed by atoms with E-state index in [1.807, 2.05) is 17.5 Å². The molecule has 0 unspecified atom stereocenters. The quantitative estimate of drug-likeness (QED) is 0.715. The van der Waals surface area contributed by atoms with E-state index in [0.29, 0.717) is 12.2 Å². The minimum absolute atomic E-state index is 0.158. The van der Waals surface area contributed by atoms with E-state index in [1.54, 1.807) is 25.3 Å². The predicted octanol–water partition coefficient (Wildman–Crippen LogP) is 2.21. The number of likely N-dealkylation sites (N-methyl/N-ethyl adjacent to an activating group) is 1. The molecule has 0 aromatic carbocycles. The van der Waals surface area contributed by atoms with Gasteiger partial charge in [-0.25, -0.2) is 0 Å². The molecule has 1 aliphatic heterocycles. The minimum atomic E-state index is -1.06.